The first kappa shape index (κ1) is 16.5. The Bertz CT molecular complexity index is 356. The Labute approximate surface area is 120 Å². The molecule has 2 N–H and O–H groups in total. The van der Waals surface area contributed by atoms with Crippen LogP contribution in [0.3, 0.4) is 0 Å². The number of alkyl carbamates (subject to hydrolysis) is 1. The quantitative estimate of drug-likeness (QED) is 0.700. The van der Waals surface area contributed by atoms with Gasteiger partial charge in [-0.05, 0) is 26.9 Å². The molecule has 1 rings (SSSR count). The average molecular weight is 283 g/mol. The Kier molecular flexibility index (Phi) is 7.08. The van der Waals surface area contributed by atoms with E-state index in [2.05, 4.69) is 10.6 Å². The zero-order valence-electron chi connectivity index (χ0n) is 12.5. The lowest BCUT2D eigenvalue weighted by Crippen LogP contribution is -2.37. The Morgan fingerprint density at radius 1 is 1.30 bits per heavy atom. The molecule has 0 radical (unpaired) electrons. The molecule has 0 spiro atoms. The highest BCUT2D eigenvalue weighted by Crippen LogP contribution is 2.26. The van der Waals surface area contributed by atoms with Gasteiger partial charge in [-0.2, -0.15) is 0 Å². The first-order valence-electron chi connectivity index (χ1n) is 6.96. The van der Waals surface area contributed by atoms with Crippen LogP contribution in [0.25, 0.3) is 0 Å². The normalized spacial score (nSPS) is 21.6. The van der Waals surface area contributed by atoms with E-state index in [1.807, 2.05) is 31.1 Å². The van der Waals surface area contributed by atoms with Gasteiger partial charge in [0.2, 0.25) is 5.91 Å². The standard InChI is InChI=1S/C14H25N3O3/c1-15-13(18)12-7-5-4-6-11(12)10-20-14(19)16-8-9-17(2)3/h4-5,11-12H,6-10H2,1-3H3,(H,15,18)(H,16,19). The molecule has 0 aromatic carbocycles. The van der Waals surface area contributed by atoms with Crippen molar-refractivity contribution < 1.29 is 14.3 Å². The van der Waals surface area contributed by atoms with Gasteiger partial charge in [0.25, 0.3) is 0 Å². The number of rotatable bonds is 6. The summed E-state index contributed by atoms with van der Waals surface area (Å²) in [5, 5.41) is 5.35. The third-order valence-electron chi connectivity index (χ3n) is 3.40. The molecule has 1 aliphatic carbocycles. The summed E-state index contributed by atoms with van der Waals surface area (Å²) in [7, 11) is 5.51. The number of hydrogen-bond acceptors (Lipinski definition) is 4. The van der Waals surface area contributed by atoms with Crippen molar-refractivity contribution >= 4 is 12.0 Å². The highest BCUT2D eigenvalue weighted by atomic mass is 16.5. The summed E-state index contributed by atoms with van der Waals surface area (Å²) in [6.45, 7) is 1.59. The highest BCUT2D eigenvalue weighted by Gasteiger charge is 2.29. The summed E-state index contributed by atoms with van der Waals surface area (Å²) in [6.07, 6.45) is 5.10. The topological polar surface area (TPSA) is 70.7 Å². The maximum absolute atomic E-state index is 11.8. The maximum atomic E-state index is 11.8. The van der Waals surface area contributed by atoms with Crippen LogP contribution in [0, 0.1) is 11.8 Å². The number of carbonyl (C=O) groups excluding carboxylic acids is 2. The highest BCUT2D eigenvalue weighted by molar-refractivity contribution is 5.79. The average Bonchev–Trinajstić information content (AvgIpc) is 2.44. The van der Waals surface area contributed by atoms with Crippen LogP contribution in [-0.2, 0) is 9.53 Å². The van der Waals surface area contributed by atoms with Gasteiger partial charge in [0.1, 0.15) is 0 Å². The summed E-state index contributed by atoms with van der Waals surface area (Å²) >= 11 is 0. The Balaban J connectivity index is 2.33. The molecule has 0 aliphatic heterocycles. The van der Waals surface area contributed by atoms with E-state index in [0.717, 1.165) is 13.0 Å². The van der Waals surface area contributed by atoms with Gasteiger partial charge >= 0.3 is 6.09 Å². The lowest BCUT2D eigenvalue weighted by molar-refractivity contribution is -0.126. The minimum absolute atomic E-state index is 0.0102. The van der Waals surface area contributed by atoms with Crippen molar-refractivity contribution in [1.29, 1.82) is 0 Å². The Morgan fingerprint density at radius 2 is 2.00 bits per heavy atom. The van der Waals surface area contributed by atoms with Gasteiger partial charge in [-0.3, -0.25) is 4.79 Å². The van der Waals surface area contributed by atoms with Crippen LogP contribution >= 0.6 is 0 Å². The van der Waals surface area contributed by atoms with E-state index < -0.39 is 6.09 Å². The molecule has 0 heterocycles. The molecule has 1 aliphatic rings. The predicted octanol–water partition coefficient (Wildman–Crippen LogP) is 0.603. The lowest BCUT2D eigenvalue weighted by Gasteiger charge is -2.26. The second kappa shape index (κ2) is 8.58. The minimum atomic E-state index is -0.419. The van der Waals surface area contributed by atoms with Crippen LogP contribution in [0.15, 0.2) is 12.2 Å². The zero-order chi connectivity index (χ0) is 15.0. The first-order valence-corrected chi connectivity index (χ1v) is 6.96. The summed E-state index contributed by atoms with van der Waals surface area (Å²) in [6, 6.07) is 0. The number of nitrogens with zero attached hydrogens (tertiary/aromatic N) is 1. The number of hydrogen-bond donors (Lipinski definition) is 2. The van der Waals surface area contributed by atoms with Crippen LogP contribution < -0.4 is 10.6 Å². The van der Waals surface area contributed by atoms with E-state index >= 15 is 0 Å². The Hall–Kier alpha value is -1.56. The SMILES string of the molecule is CNC(=O)C1CC=CCC1COC(=O)NCCN(C)C. The monoisotopic (exact) mass is 283 g/mol. The third kappa shape index (κ3) is 5.61. The van der Waals surface area contributed by atoms with E-state index in [9.17, 15) is 9.59 Å². The van der Waals surface area contributed by atoms with E-state index in [1.54, 1.807) is 7.05 Å². The van der Waals surface area contributed by atoms with Crippen LogP contribution in [0.4, 0.5) is 4.79 Å². The fraction of sp³-hybridized carbons (Fsp3) is 0.714. The van der Waals surface area contributed by atoms with Crippen molar-refractivity contribution in [3.05, 3.63) is 12.2 Å². The van der Waals surface area contributed by atoms with Gasteiger partial charge in [-0.15, -0.1) is 0 Å². The molecule has 0 bridgehead atoms. The molecular formula is C14H25N3O3. The van der Waals surface area contributed by atoms with Crippen molar-refractivity contribution in [2.75, 3.05) is 40.8 Å². The number of ether oxygens (including phenoxy) is 1. The molecule has 114 valence electrons. The molecule has 0 fully saturated rings. The summed E-state index contributed by atoms with van der Waals surface area (Å²) in [4.78, 5) is 25.3. The molecule has 2 amide bonds. The largest absolute Gasteiger partial charge is 0.449 e. The lowest BCUT2D eigenvalue weighted by atomic mass is 9.83. The van der Waals surface area contributed by atoms with Crippen LogP contribution in [0.5, 0.6) is 0 Å². The second-order valence-electron chi connectivity index (χ2n) is 5.25. The van der Waals surface area contributed by atoms with Crippen LogP contribution in [0.1, 0.15) is 12.8 Å². The number of carbonyl (C=O) groups is 2. The van der Waals surface area contributed by atoms with Gasteiger partial charge in [0.15, 0.2) is 0 Å². The molecule has 0 aromatic rings. The van der Waals surface area contributed by atoms with Gasteiger partial charge < -0.3 is 20.3 Å². The van der Waals surface area contributed by atoms with Gasteiger partial charge in [0.05, 0.1) is 6.61 Å². The van der Waals surface area contributed by atoms with Crippen molar-refractivity contribution in [1.82, 2.24) is 15.5 Å². The molecular weight excluding hydrogens is 258 g/mol. The first-order chi connectivity index (χ1) is 9.54. The molecule has 6 nitrogen and oxygen atoms in total. The van der Waals surface area contributed by atoms with E-state index in [-0.39, 0.29) is 24.3 Å². The maximum Gasteiger partial charge on any atom is 0.407 e. The molecule has 6 heteroatoms. The summed E-state index contributed by atoms with van der Waals surface area (Å²) < 4.78 is 5.21. The van der Waals surface area contributed by atoms with Gasteiger partial charge in [0, 0.05) is 32.0 Å². The Morgan fingerprint density at radius 3 is 2.65 bits per heavy atom. The van der Waals surface area contributed by atoms with Crippen molar-refractivity contribution in [2.45, 2.75) is 12.8 Å². The molecule has 0 saturated carbocycles. The molecule has 0 aromatic heterocycles. The number of likely N-dealkylation sites (N-methyl/N-ethyl adjacent to an activating group) is 1. The third-order valence-corrected chi connectivity index (χ3v) is 3.40. The molecule has 20 heavy (non-hydrogen) atoms. The van der Waals surface area contributed by atoms with Crippen LogP contribution in [-0.4, -0.2) is 57.7 Å². The van der Waals surface area contributed by atoms with Gasteiger partial charge in [-0.25, -0.2) is 4.79 Å². The predicted molar refractivity (Wildman–Crippen MR) is 77.3 cm³/mol. The zero-order valence-corrected chi connectivity index (χ0v) is 12.5. The van der Waals surface area contributed by atoms with E-state index in [1.165, 1.54) is 0 Å². The number of allylic oxidation sites excluding steroid dienone is 2. The van der Waals surface area contributed by atoms with E-state index in [4.69, 9.17) is 4.74 Å². The van der Waals surface area contributed by atoms with Gasteiger partial charge in [-0.1, -0.05) is 12.2 Å². The fourth-order valence-corrected chi connectivity index (χ4v) is 2.18. The molecule has 2 atom stereocenters. The minimum Gasteiger partial charge on any atom is -0.449 e. The van der Waals surface area contributed by atoms with Crippen LogP contribution in [0.2, 0.25) is 0 Å². The molecule has 0 saturated heterocycles. The fourth-order valence-electron chi connectivity index (χ4n) is 2.18. The summed E-state index contributed by atoms with van der Waals surface area (Å²) in [5.41, 5.74) is 0. The second-order valence-corrected chi connectivity index (χ2v) is 5.25. The number of amides is 2. The van der Waals surface area contributed by atoms with Crippen molar-refractivity contribution in [3.8, 4) is 0 Å². The number of nitrogens with one attached hydrogen (secondary N) is 2. The van der Waals surface area contributed by atoms with Crippen molar-refractivity contribution in [2.24, 2.45) is 11.8 Å². The van der Waals surface area contributed by atoms with E-state index in [0.29, 0.717) is 13.0 Å². The smallest absolute Gasteiger partial charge is 0.407 e. The summed E-state index contributed by atoms with van der Waals surface area (Å²) in [5.74, 6) is -0.0462. The molecule has 2 unspecified atom stereocenters. The van der Waals surface area contributed by atoms with Crippen molar-refractivity contribution in [3.63, 3.8) is 0 Å².